The molecule has 0 bridgehead atoms. The predicted molar refractivity (Wildman–Crippen MR) is 65.4 cm³/mol. The quantitative estimate of drug-likeness (QED) is 0.501. The minimum atomic E-state index is 1.24. The molecule has 0 spiro atoms. The Morgan fingerprint density at radius 2 is 1.36 bits per heavy atom. The van der Waals surface area contributed by atoms with Gasteiger partial charge in [-0.1, -0.05) is 45.6 Å². The number of unbranched alkanes of at least 4 members (excludes halogenated alkanes) is 4. The number of hydrogen-bond acceptors (Lipinski definition) is 1. The Morgan fingerprint density at radius 3 is 1.71 bits per heavy atom. The van der Waals surface area contributed by atoms with E-state index in [1.807, 2.05) is 0 Å². The lowest BCUT2D eigenvalue weighted by molar-refractivity contribution is 0.353. The van der Waals surface area contributed by atoms with Gasteiger partial charge in [-0.15, -0.1) is 0 Å². The molecule has 0 rings (SSSR count). The van der Waals surface area contributed by atoms with Crippen LogP contribution in [-0.4, -0.2) is 18.0 Å². The van der Waals surface area contributed by atoms with Gasteiger partial charge in [-0.2, -0.15) is 0 Å². The summed E-state index contributed by atoms with van der Waals surface area (Å²) in [7, 11) is 0. The van der Waals surface area contributed by atoms with Crippen LogP contribution in [0.15, 0.2) is 12.3 Å². The normalized spacial score (nSPS) is 11.1. The molecule has 0 saturated heterocycles. The Balaban J connectivity index is 3.55. The Bertz CT molecular complexity index is 119. The summed E-state index contributed by atoms with van der Waals surface area (Å²) in [4.78, 5) is 2.46. The summed E-state index contributed by atoms with van der Waals surface area (Å²) in [5.74, 6) is 0. The molecule has 1 nitrogen and oxygen atoms in total. The van der Waals surface area contributed by atoms with Gasteiger partial charge in [-0.05, 0) is 26.0 Å². The second-order valence-electron chi connectivity index (χ2n) is 3.93. The van der Waals surface area contributed by atoms with E-state index in [9.17, 15) is 0 Å². The lowest BCUT2D eigenvalue weighted by Gasteiger charge is -2.19. The van der Waals surface area contributed by atoms with Crippen molar-refractivity contribution in [2.75, 3.05) is 13.1 Å². The van der Waals surface area contributed by atoms with Crippen molar-refractivity contribution in [3.63, 3.8) is 0 Å². The second-order valence-corrected chi connectivity index (χ2v) is 3.93. The summed E-state index contributed by atoms with van der Waals surface area (Å²) < 4.78 is 0. The fraction of sp³-hybridized carbons (Fsp3) is 0.846. The van der Waals surface area contributed by atoms with Crippen molar-refractivity contribution in [2.45, 2.75) is 59.3 Å². The molecule has 0 aromatic heterocycles. The van der Waals surface area contributed by atoms with Crippen LogP contribution in [0.1, 0.15) is 59.3 Å². The predicted octanol–water partition coefficient (Wildman–Crippen LogP) is 4.20. The molecule has 0 amide bonds. The standard InChI is InChI=1S/C13H27N/c1-4-7-9-12-14(11-6-3)13-10-8-5-2/h6,11H,4-5,7-10,12-13H2,1-3H3/b11-6+. The van der Waals surface area contributed by atoms with E-state index in [0.717, 1.165) is 0 Å². The average Bonchev–Trinajstić information content (AvgIpc) is 2.18. The van der Waals surface area contributed by atoms with E-state index in [1.54, 1.807) is 0 Å². The highest BCUT2D eigenvalue weighted by Gasteiger charge is 1.97. The molecule has 84 valence electrons. The summed E-state index contributed by atoms with van der Waals surface area (Å²) in [5, 5.41) is 0. The van der Waals surface area contributed by atoms with Gasteiger partial charge in [-0.3, -0.25) is 0 Å². The van der Waals surface area contributed by atoms with Crippen LogP contribution in [0.2, 0.25) is 0 Å². The van der Waals surface area contributed by atoms with Gasteiger partial charge in [0.25, 0.3) is 0 Å². The average molecular weight is 197 g/mol. The van der Waals surface area contributed by atoms with Crippen molar-refractivity contribution in [1.82, 2.24) is 4.90 Å². The zero-order valence-electron chi connectivity index (χ0n) is 10.3. The van der Waals surface area contributed by atoms with E-state index >= 15 is 0 Å². The van der Waals surface area contributed by atoms with Crippen LogP contribution in [0.4, 0.5) is 0 Å². The van der Waals surface area contributed by atoms with Crippen molar-refractivity contribution in [3.8, 4) is 0 Å². The molecule has 0 heterocycles. The molecule has 0 aliphatic heterocycles. The molecule has 0 aliphatic rings. The summed E-state index contributed by atoms with van der Waals surface area (Å²) in [6.45, 7) is 9.10. The third kappa shape index (κ3) is 8.15. The third-order valence-corrected chi connectivity index (χ3v) is 2.46. The van der Waals surface area contributed by atoms with Gasteiger partial charge < -0.3 is 4.90 Å². The van der Waals surface area contributed by atoms with Crippen LogP contribution < -0.4 is 0 Å². The smallest absolute Gasteiger partial charge is 0.0172 e. The highest BCUT2D eigenvalue weighted by atomic mass is 15.1. The molecule has 1 heteroatoms. The van der Waals surface area contributed by atoms with Crippen molar-refractivity contribution in [1.29, 1.82) is 0 Å². The van der Waals surface area contributed by atoms with Crippen molar-refractivity contribution < 1.29 is 0 Å². The Morgan fingerprint density at radius 1 is 0.857 bits per heavy atom. The van der Waals surface area contributed by atoms with Gasteiger partial charge in [-0.25, -0.2) is 0 Å². The number of nitrogens with zero attached hydrogens (tertiary/aromatic N) is 1. The van der Waals surface area contributed by atoms with Crippen LogP contribution in [0.25, 0.3) is 0 Å². The molecular weight excluding hydrogens is 170 g/mol. The highest BCUT2D eigenvalue weighted by molar-refractivity contribution is 4.78. The molecule has 0 aromatic rings. The number of rotatable bonds is 9. The van der Waals surface area contributed by atoms with E-state index in [4.69, 9.17) is 0 Å². The summed E-state index contributed by atoms with van der Waals surface area (Å²) in [5.41, 5.74) is 0. The monoisotopic (exact) mass is 197 g/mol. The van der Waals surface area contributed by atoms with Gasteiger partial charge in [0.05, 0.1) is 0 Å². The number of hydrogen-bond donors (Lipinski definition) is 0. The number of allylic oxidation sites excluding steroid dienone is 1. The van der Waals surface area contributed by atoms with Crippen molar-refractivity contribution >= 4 is 0 Å². The van der Waals surface area contributed by atoms with Gasteiger partial charge in [0.15, 0.2) is 0 Å². The first-order valence-electron chi connectivity index (χ1n) is 6.22. The molecule has 0 fully saturated rings. The van der Waals surface area contributed by atoms with E-state index in [2.05, 4.69) is 37.9 Å². The van der Waals surface area contributed by atoms with Crippen LogP contribution in [0, 0.1) is 0 Å². The first kappa shape index (κ1) is 13.5. The SMILES string of the molecule is C/C=C/N(CCCCC)CCCCC. The van der Waals surface area contributed by atoms with E-state index in [0.29, 0.717) is 0 Å². The molecule has 0 unspecified atom stereocenters. The summed E-state index contributed by atoms with van der Waals surface area (Å²) in [6.07, 6.45) is 12.4. The molecule has 0 aliphatic carbocycles. The fourth-order valence-corrected chi connectivity index (χ4v) is 1.60. The van der Waals surface area contributed by atoms with Crippen LogP contribution >= 0.6 is 0 Å². The Hall–Kier alpha value is -0.460. The maximum absolute atomic E-state index is 2.46. The largest absolute Gasteiger partial charge is 0.378 e. The molecule has 0 radical (unpaired) electrons. The molecule has 0 saturated carbocycles. The second kappa shape index (κ2) is 10.6. The van der Waals surface area contributed by atoms with Crippen molar-refractivity contribution in [2.24, 2.45) is 0 Å². The van der Waals surface area contributed by atoms with E-state index < -0.39 is 0 Å². The maximum Gasteiger partial charge on any atom is 0.0172 e. The fourth-order valence-electron chi connectivity index (χ4n) is 1.60. The molecular formula is C13H27N. The molecule has 0 N–H and O–H groups in total. The Labute approximate surface area is 90.2 Å². The van der Waals surface area contributed by atoms with Gasteiger partial charge >= 0.3 is 0 Å². The maximum atomic E-state index is 2.46. The van der Waals surface area contributed by atoms with Gasteiger partial charge in [0.2, 0.25) is 0 Å². The minimum absolute atomic E-state index is 1.24. The van der Waals surface area contributed by atoms with Crippen LogP contribution in [0.5, 0.6) is 0 Å². The van der Waals surface area contributed by atoms with Crippen molar-refractivity contribution in [3.05, 3.63) is 12.3 Å². The third-order valence-electron chi connectivity index (χ3n) is 2.46. The zero-order chi connectivity index (χ0) is 10.6. The first-order chi connectivity index (χ1) is 6.85. The molecule has 0 atom stereocenters. The van der Waals surface area contributed by atoms with Crippen LogP contribution in [0.3, 0.4) is 0 Å². The first-order valence-corrected chi connectivity index (χ1v) is 6.22. The van der Waals surface area contributed by atoms with Gasteiger partial charge in [0.1, 0.15) is 0 Å². The molecule has 14 heavy (non-hydrogen) atoms. The summed E-state index contributed by atoms with van der Waals surface area (Å²) >= 11 is 0. The molecule has 0 aromatic carbocycles. The summed E-state index contributed by atoms with van der Waals surface area (Å²) in [6, 6.07) is 0. The van der Waals surface area contributed by atoms with E-state index in [1.165, 1.54) is 51.6 Å². The zero-order valence-corrected chi connectivity index (χ0v) is 10.3. The lowest BCUT2D eigenvalue weighted by atomic mass is 10.2. The minimum Gasteiger partial charge on any atom is -0.378 e. The van der Waals surface area contributed by atoms with Crippen LogP contribution in [-0.2, 0) is 0 Å². The lowest BCUT2D eigenvalue weighted by Crippen LogP contribution is -2.19. The topological polar surface area (TPSA) is 3.24 Å². The van der Waals surface area contributed by atoms with E-state index in [-0.39, 0.29) is 0 Å². The van der Waals surface area contributed by atoms with Gasteiger partial charge in [0, 0.05) is 13.1 Å². The Kier molecular flexibility index (Phi) is 10.3. The highest BCUT2D eigenvalue weighted by Crippen LogP contribution is 2.03.